The Hall–Kier alpha value is -2.90. The van der Waals surface area contributed by atoms with Crippen LogP contribution < -0.4 is 5.32 Å². The average Bonchev–Trinajstić information content (AvgIpc) is 2.61. The van der Waals surface area contributed by atoms with Gasteiger partial charge in [-0.05, 0) is 25.1 Å². The van der Waals surface area contributed by atoms with Gasteiger partial charge in [0, 0.05) is 17.5 Å². The number of hydrogen-bond donors (Lipinski definition) is 1. The summed E-state index contributed by atoms with van der Waals surface area (Å²) in [6.45, 7) is 1.38. The number of carbonyl (C=O) groups excluding carboxylic acids is 1. The first-order valence-electron chi connectivity index (χ1n) is 8.14. The largest absolute Gasteiger partial charge is 0.452 e. The van der Waals surface area contributed by atoms with Crippen LogP contribution in [0.5, 0.6) is 0 Å². The highest BCUT2D eigenvalue weighted by atomic mass is 19.4. The fourth-order valence-corrected chi connectivity index (χ4v) is 2.90. The lowest BCUT2D eigenvalue weighted by atomic mass is 9.85. The monoisotopic (exact) mass is 380 g/mol. The summed E-state index contributed by atoms with van der Waals surface area (Å²) in [4.78, 5) is 16.4. The number of nitrogens with one attached hydrogen (secondary N) is 1. The first-order chi connectivity index (χ1) is 12.7. The summed E-state index contributed by atoms with van der Waals surface area (Å²) in [5, 5.41) is 2.25. The van der Waals surface area contributed by atoms with Crippen LogP contribution in [0.15, 0.2) is 59.6 Å². The van der Waals surface area contributed by atoms with Crippen LogP contribution in [0.25, 0.3) is 0 Å². The number of ether oxygens (including phenoxy) is 1. The molecule has 2 aromatic carbocycles. The van der Waals surface area contributed by atoms with Crippen LogP contribution in [0.1, 0.15) is 29.3 Å². The molecule has 0 saturated heterocycles. The number of benzene rings is 2. The smallest absolute Gasteiger partial charge is 0.425 e. The van der Waals surface area contributed by atoms with E-state index in [-0.39, 0.29) is 11.1 Å². The summed E-state index contributed by atoms with van der Waals surface area (Å²) in [5.74, 6) is -1.35. The van der Waals surface area contributed by atoms with Crippen molar-refractivity contribution in [3.63, 3.8) is 0 Å². The van der Waals surface area contributed by atoms with Gasteiger partial charge in [-0.15, -0.1) is 0 Å². The number of hydrogen-bond acceptors (Lipinski definition) is 3. The molecule has 0 radical (unpaired) electrons. The molecule has 0 aromatic heterocycles. The number of alkyl halides is 3. The minimum absolute atomic E-state index is 0.00555. The van der Waals surface area contributed by atoms with Gasteiger partial charge < -0.3 is 4.74 Å². The Morgan fingerprint density at radius 2 is 1.78 bits per heavy atom. The van der Waals surface area contributed by atoms with Crippen molar-refractivity contribution in [2.45, 2.75) is 31.2 Å². The molecule has 1 aliphatic heterocycles. The number of halogens is 4. The SMILES string of the molecule is C[C@@]1(c2ccccc2F)C[C@H](C(F)(F)F)OC(NC(=O)c2ccccc2)=N1. The Bertz CT molecular complexity index is 868. The van der Waals surface area contributed by atoms with Crippen LogP contribution in [0.4, 0.5) is 17.6 Å². The summed E-state index contributed by atoms with van der Waals surface area (Å²) in [6, 6.07) is 12.8. The molecule has 2 atom stereocenters. The Morgan fingerprint density at radius 3 is 2.41 bits per heavy atom. The third kappa shape index (κ3) is 4.10. The zero-order valence-electron chi connectivity index (χ0n) is 14.3. The number of carbonyl (C=O) groups is 1. The maximum Gasteiger partial charge on any atom is 0.425 e. The quantitative estimate of drug-likeness (QED) is 0.795. The molecule has 4 nitrogen and oxygen atoms in total. The molecule has 3 rings (SSSR count). The Labute approximate surface area is 152 Å². The van der Waals surface area contributed by atoms with Gasteiger partial charge in [0.1, 0.15) is 5.82 Å². The minimum atomic E-state index is -4.70. The second kappa shape index (κ2) is 7.02. The Kier molecular flexibility index (Phi) is 4.91. The second-order valence-corrected chi connectivity index (χ2v) is 6.34. The molecular weight excluding hydrogens is 364 g/mol. The van der Waals surface area contributed by atoms with Crippen molar-refractivity contribution in [3.8, 4) is 0 Å². The molecule has 0 unspecified atom stereocenters. The molecule has 0 saturated carbocycles. The van der Waals surface area contributed by atoms with E-state index in [1.54, 1.807) is 18.2 Å². The van der Waals surface area contributed by atoms with Crippen LogP contribution in [0.3, 0.4) is 0 Å². The Morgan fingerprint density at radius 1 is 1.15 bits per heavy atom. The highest BCUT2D eigenvalue weighted by Crippen LogP contribution is 2.40. The molecule has 27 heavy (non-hydrogen) atoms. The molecule has 1 heterocycles. The van der Waals surface area contributed by atoms with E-state index in [0.717, 1.165) is 6.07 Å². The van der Waals surface area contributed by atoms with E-state index in [4.69, 9.17) is 4.74 Å². The van der Waals surface area contributed by atoms with Crippen molar-refractivity contribution in [2.75, 3.05) is 0 Å². The van der Waals surface area contributed by atoms with Gasteiger partial charge in [-0.3, -0.25) is 10.1 Å². The lowest BCUT2D eigenvalue weighted by Gasteiger charge is -2.36. The van der Waals surface area contributed by atoms with Gasteiger partial charge in [0.05, 0.1) is 5.54 Å². The molecule has 0 bridgehead atoms. The molecule has 0 spiro atoms. The number of rotatable bonds is 2. The zero-order chi connectivity index (χ0) is 19.7. The van der Waals surface area contributed by atoms with Crippen LogP contribution >= 0.6 is 0 Å². The van der Waals surface area contributed by atoms with Gasteiger partial charge in [-0.2, -0.15) is 13.2 Å². The maximum absolute atomic E-state index is 14.2. The zero-order valence-corrected chi connectivity index (χ0v) is 14.3. The lowest BCUT2D eigenvalue weighted by molar-refractivity contribution is -0.208. The molecule has 142 valence electrons. The first-order valence-corrected chi connectivity index (χ1v) is 8.14. The van der Waals surface area contributed by atoms with Crippen LogP contribution in [0, 0.1) is 5.82 Å². The van der Waals surface area contributed by atoms with Crippen molar-refractivity contribution in [1.29, 1.82) is 0 Å². The van der Waals surface area contributed by atoms with E-state index >= 15 is 0 Å². The number of amidine groups is 1. The van der Waals surface area contributed by atoms with Gasteiger partial charge in [-0.1, -0.05) is 36.4 Å². The van der Waals surface area contributed by atoms with Crippen LogP contribution in [-0.2, 0) is 10.3 Å². The molecule has 1 N–H and O–H groups in total. The third-order valence-electron chi connectivity index (χ3n) is 4.26. The molecule has 8 heteroatoms. The van der Waals surface area contributed by atoms with E-state index in [2.05, 4.69) is 10.3 Å². The normalized spacial score (nSPS) is 22.6. The molecule has 0 aliphatic carbocycles. The van der Waals surface area contributed by atoms with Crippen LogP contribution in [-0.4, -0.2) is 24.2 Å². The third-order valence-corrected chi connectivity index (χ3v) is 4.26. The molecule has 0 fully saturated rings. The van der Waals surface area contributed by atoms with Gasteiger partial charge in [0.15, 0.2) is 6.10 Å². The van der Waals surface area contributed by atoms with E-state index < -0.39 is 42.0 Å². The highest BCUT2D eigenvalue weighted by Gasteiger charge is 2.50. The van der Waals surface area contributed by atoms with Crippen molar-refractivity contribution in [1.82, 2.24) is 5.32 Å². The Balaban J connectivity index is 1.97. The topological polar surface area (TPSA) is 50.7 Å². The standard InChI is InChI=1S/C19H16F4N2O2/c1-18(13-9-5-6-10-14(13)20)11-15(19(21,22)23)27-17(25-18)24-16(26)12-7-3-2-4-8-12/h2-10,15H,11H2,1H3,(H,24,25,26)/t15-,18+/m1/s1. The minimum Gasteiger partial charge on any atom is -0.452 e. The van der Waals surface area contributed by atoms with Crippen molar-refractivity contribution >= 4 is 11.9 Å². The van der Waals surface area contributed by atoms with Gasteiger partial charge in [0.25, 0.3) is 11.9 Å². The van der Waals surface area contributed by atoms with Gasteiger partial charge in [0.2, 0.25) is 0 Å². The molecule has 2 aromatic rings. The van der Waals surface area contributed by atoms with E-state index in [9.17, 15) is 22.4 Å². The van der Waals surface area contributed by atoms with Crippen molar-refractivity contribution < 1.29 is 27.1 Å². The molecular formula is C19H16F4N2O2. The summed E-state index contributed by atoms with van der Waals surface area (Å²) < 4.78 is 59.1. The fourth-order valence-electron chi connectivity index (χ4n) is 2.90. The molecule has 1 amide bonds. The highest BCUT2D eigenvalue weighted by molar-refractivity contribution is 6.04. The first kappa shape index (κ1) is 18.9. The number of nitrogens with zero attached hydrogens (tertiary/aromatic N) is 1. The van der Waals surface area contributed by atoms with E-state index in [0.29, 0.717) is 0 Å². The van der Waals surface area contributed by atoms with E-state index in [1.165, 1.54) is 37.3 Å². The second-order valence-electron chi connectivity index (χ2n) is 6.34. The summed E-state index contributed by atoms with van der Waals surface area (Å²) >= 11 is 0. The van der Waals surface area contributed by atoms with Crippen molar-refractivity contribution in [3.05, 3.63) is 71.5 Å². The van der Waals surface area contributed by atoms with Gasteiger partial charge in [-0.25, -0.2) is 9.38 Å². The molecule has 1 aliphatic rings. The summed E-state index contributed by atoms with van der Waals surface area (Å²) in [6.07, 6.45) is -7.54. The van der Waals surface area contributed by atoms with Crippen LogP contribution in [0.2, 0.25) is 0 Å². The predicted octanol–water partition coefficient (Wildman–Crippen LogP) is 4.18. The fraction of sp³-hybridized carbons (Fsp3) is 0.263. The maximum atomic E-state index is 14.2. The predicted molar refractivity (Wildman–Crippen MR) is 90.6 cm³/mol. The number of aliphatic imine (C=N–C) groups is 1. The van der Waals surface area contributed by atoms with Gasteiger partial charge >= 0.3 is 6.18 Å². The number of amides is 1. The van der Waals surface area contributed by atoms with E-state index in [1.807, 2.05) is 0 Å². The summed E-state index contributed by atoms with van der Waals surface area (Å²) in [5.41, 5.74) is -1.33. The summed E-state index contributed by atoms with van der Waals surface area (Å²) in [7, 11) is 0. The lowest BCUT2D eigenvalue weighted by Crippen LogP contribution is -2.48. The van der Waals surface area contributed by atoms with Crippen molar-refractivity contribution in [2.24, 2.45) is 4.99 Å². The average molecular weight is 380 g/mol.